The summed E-state index contributed by atoms with van der Waals surface area (Å²) < 4.78 is 1.84. The van der Waals surface area contributed by atoms with E-state index >= 15 is 0 Å². The van der Waals surface area contributed by atoms with Crippen LogP contribution in [-0.2, 0) is 7.05 Å². The second-order valence-electron chi connectivity index (χ2n) is 9.07. The summed E-state index contributed by atoms with van der Waals surface area (Å²) in [7, 11) is 1.95. The van der Waals surface area contributed by atoms with Crippen LogP contribution in [0.4, 0.5) is 5.69 Å². The molecule has 2 aromatic rings. The number of benzene rings is 1. The van der Waals surface area contributed by atoms with Gasteiger partial charge in [0.25, 0.3) is 0 Å². The Morgan fingerprint density at radius 2 is 1.97 bits per heavy atom. The molecule has 3 aliphatic rings. The Bertz CT molecular complexity index is 870. The Morgan fingerprint density at radius 1 is 1.21 bits per heavy atom. The number of likely N-dealkylation sites (tertiary alicyclic amines) is 1. The summed E-state index contributed by atoms with van der Waals surface area (Å²) in [6.07, 6.45) is 8.22. The minimum Gasteiger partial charge on any atom is -0.365 e. The van der Waals surface area contributed by atoms with Gasteiger partial charge in [0.2, 0.25) is 0 Å². The first-order valence-electron chi connectivity index (χ1n) is 10.8. The fourth-order valence-electron chi connectivity index (χ4n) is 5.26. The molecule has 1 saturated carbocycles. The number of nitrogens with one attached hydrogen (secondary N) is 1. The first-order chi connectivity index (χ1) is 14.2. The van der Waals surface area contributed by atoms with Gasteiger partial charge in [-0.1, -0.05) is 30.3 Å². The SMILES string of the molecule is Cn1cc(N2CC(CC#N)(N3CCC(N[C@@H]4C[C@H]4c4ccccc4)CC3)C2)cn1. The molecule has 6 heteroatoms. The molecule has 0 spiro atoms. The zero-order valence-corrected chi connectivity index (χ0v) is 17.2. The topological polar surface area (TPSA) is 60.1 Å². The number of anilines is 1. The molecule has 1 N–H and O–H groups in total. The van der Waals surface area contributed by atoms with Crippen LogP contribution >= 0.6 is 0 Å². The van der Waals surface area contributed by atoms with Gasteiger partial charge in [-0.05, 0) is 24.8 Å². The predicted molar refractivity (Wildman–Crippen MR) is 114 cm³/mol. The smallest absolute Gasteiger partial charge is 0.0753 e. The van der Waals surface area contributed by atoms with Crippen molar-refractivity contribution < 1.29 is 0 Å². The fraction of sp³-hybridized carbons (Fsp3) is 0.565. The van der Waals surface area contributed by atoms with Crippen molar-refractivity contribution in [3.05, 3.63) is 48.3 Å². The molecule has 3 fully saturated rings. The summed E-state index contributed by atoms with van der Waals surface area (Å²) in [5.41, 5.74) is 2.65. The van der Waals surface area contributed by atoms with Gasteiger partial charge in [-0.25, -0.2) is 0 Å². The van der Waals surface area contributed by atoms with E-state index in [0.717, 1.165) is 26.2 Å². The van der Waals surface area contributed by atoms with Crippen molar-refractivity contribution >= 4 is 5.69 Å². The molecule has 2 aliphatic heterocycles. The lowest BCUT2D eigenvalue weighted by Gasteiger charge is -2.57. The third-order valence-corrected chi connectivity index (χ3v) is 7.07. The zero-order valence-electron chi connectivity index (χ0n) is 17.2. The molecule has 0 amide bonds. The Morgan fingerprint density at radius 3 is 2.62 bits per heavy atom. The van der Waals surface area contributed by atoms with Crippen LogP contribution in [-0.4, -0.2) is 58.5 Å². The maximum Gasteiger partial charge on any atom is 0.0753 e. The highest BCUT2D eigenvalue weighted by Crippen LogP contribution is 2.42. The average molecular weight is 391 g/mol. The van der Waals surface area contributed by atoms with Gasteiger partial charge in [0.15, 0.2) is 0 Å². The number of hydrogen-bond acceptors (Lipinski definition) is 5. The van der Waals surface area contributed by atoms with Crippen molar-refractivity contribution in [1.82, 2.24) is 20.0 Å². The molecule has 152 valence electrons. The first kappa shape index (κ1) is 18.7. The van der Waals surface area contributed by atoms with Gasteiger partial charge in [0, 0.05) is 57.4 Å². The Kier molecular flexibility index (Phi) is 4.81. The van der Waals surface area contributed by atoms with E-state index in [4.69, 9.17) is 0 Å². The van der Waals surface area contributed by atoms with Gasteiger partial charge in [0.1, 0.15) is 0 Å². The number of nitrogens with zero attached hydrogens (tertiary/aromatic N) is 5. The van der Waals surface area contributed by atoms with Crippen molar-refractivity contribution in [3.8, 4) is 6.07 Å². The molecule has 2 saturated heterocycles. The van der Waals surface area contributed by atoms with Crippen LogP contribution in [0.3, 0.4) is 0 Å². The fourth-order valence-corrected chi connectivity index (χ4v) is 5.26. The molecule has 2 atom stereocenters. The zero-order chi connectivity index (χ0) is 19.8. The van der Waals surface area contributed by atoms with Crippen molar-refractivity contribution in [1.29, 1.82) is 5.26 Å². The monoisotopic (exact) mass is 390 g/mol. The highest BCUT2D eigenvalue weighted by atomic mass is 15.4. The molecule has 0 unspecified atom stereocenters. The van der Waals surface area contributed by atoms with Gasteiger partial charge in [0.05, 0.1) is 29.9 Å². The van der Waals surface area contributed by atoms with Gasteiger partial charge < -0.3 is 10.2 Å². The highest BCUT2D eigenvalue weighted by molar-refractivity contribution is 5.48. The summed E-state index contributed by atoms with van der Waals surface area (Å²) in [5, 5.41) is 17.6. The van der Waals surface area contributed by atoms with E-state index in [1.807, 2.05) is 17.9 Å². The third kappa shape index (κ3) is 3.65. The predicted octanol–water partition coefficient (Wildman–Crippen LogP) is 2.50. The second-order valence-corrected chi connectivity index (χ2v) is 9.07. The molecule has 0 radical (unpaired) electrons. The molecular formula is C23H30N6. The minimum atomic E-state index is 0.0156. The standard InChI is InChI=1S/C23H30N6/c1-27-15-20(14-25-27)28-16-23(17-28,9-10-24)29-11-7-19(8-12-29)26-22-13-21(22)18-5-3-2-4-6-18/h2-6,14-15,19,21-22,26H,7-9,11-13,16-17H2,1H3/t21-,22+/m0/s1. The van der Waals surface area contributed by atoms with Crippen LogP contribution in [0.2, 0.25) is 0 Å². The number of aryl methyl sites for hydroxylation is 1. The Hall–Kier alpha value is -2.36. The van der Waals surface area contributed by atoms with E-state index in [-0.39, 0.29) is 5.54 Å². The summed E-state index contributed by atoms with van der Waals surface area (Å²) in [6.45, 7) is 4.04. The third-order valence-electron chi connectivity index (χ3n) is 7.07. The molecule has 1 aromatic heterocycles. The summed E-state index contributed by atoms with van der Waals surface area (Å²) >= 11 is 0. The van der Waals surface area contributed by atoms with Crippen molar-refractivity contribution in [2.75, 3.05) is 31.1 Å². The molecular weight excluding hydrogens is 360 g/mol. The largest absolute Gasteiger partial charge is 0.365 e. The Labute approximate surface area is 173 Å². The molecule has 5 rings (SSSR count). The van der Waals surface area contributed by atoms with E-state index in [1.54, 1.807) is 0 Å². The summed E-state index contributed by atoms with van der Waals surface area (Å²) in [5.74, 6) is 0.693. The number of hydrogen-bond donors (Lipinski definition) is 1. The van der Waals surface area contributed by atoms with Crippen LogP contribution in [0.15, 0.2) is 42.7 Å². The molecule has 29 heavy (non-hydrogen) atoms. The van der Waals surface area contributed by atoms with Crippen molar-refractivity contribution in [3.63, 3.8) is 0 Å². The first-order valence-corrected chi connectivity index (χ1v) is 10.8. The average Bonchev–Trinajstić information content (AvgIpc) is 3.35. The number of piperidine rings is 1. The lowest BCUT2D eigenvalue weighted by Crippen LogP contribution is -2.71. The maximum absolute atomic E-state index is 9.45. The van der Waals surface area contributed by atoms with Gasteiger partial charge in [-0.15, -0.1) is 0 Å². The van der Waals surface area contributed by atoms with E-state index in [1.165, 1.54) is 30.5 Å². The van der Waals surface area contributed by atoms with E-state index < -0.39 is 0 Å². The van der Waals surface area contributed by atoms with Crippen LogP contribution in [0.5, 0.6) is 0 Å². The number of rotatable bonds is 6. The lowest BCUT2D eigenvalue weighted by atomic mass is 9.82. The number of aromatic nitrogens is 2. The van der Waals surface area contributed by atoms with Crippen molar-refractivity contribution in [2.24, 2.45) is 7.05 Å². The van der Waals surface area contributed by atoms with Crippen LogP contribution < -0.4 is 10.2 Å². The normalized spacial score (nSPS) is 26.7. The highest BCUT2D eigenvalue weighted by Gasteiger charge is 2.49. The molecule has 1 aliphatic carbocycles. The van der Waals surface area contributed by atoms with Gasteiger partial charge in [-0.3, -0.25) is 9.58 Å². The van der Waals surface area contributed by atoms with Crippen LogP contribution in [0.25, 0.3) is 0 Å². The quantitative estimate of drug-likeness (QED) is 0.821. The van der Waals surface area contributed by atoms with Gasteiger partial charge >= 0.3 is 0 Å². The van der Waals surface area contributed by atoms with Crippen LogP contribution in [0, 0.1) is 11.3 Å². The summed E-state index contributed by atoms with van der Waals surface area (Å²) in [6, 6.07) is 14.6. The molecule has 3 heterocycles. The second kappa shape index (κ2) is 7.47. The molecule has 1 aromatic carbocycles. The number of nitriles is 1. The molecule has 0 bridgehead atoms. The Balaban J connectivity index is 1.13. The maximum atomic E-state index is 9.45. The van der Waals surface area contributed by atoms with Gasteiger partial charge in [-0.2, -0.15) is 10.4 Å². The van der Waals surface area contributed by atoms with E-state index in [2.05, 4.69) is 62.8 Å². The lowest BCUT2D eigenvalue weighted by molar-refractivity contribution is 0.0357. The van der Waals surface area contributed by atoms with Crippen LogP contribution in [0.1, 0.15) is 37.2 Å². The molecule has 6 nitrogen and oxygen atoms in total. The van der Waals surface area contributed by atoms with Crippen molar-refractivity contribution in [2.45, 2.75) is 49.2 Å². The minimum absolute atomic E-state index is 0.0156. The van der Waals surface area contributed by atoms with E-state index in [0.29, 0.717) is 24.4 Å². The van der Waals surface area contributed by atoms with E-state index in [9.17, 15) is 5.26 Å². The summed E-state index contributed by atoms with van der Waals surface area (Å²) in [4.78, 5) is 4.94.